The predicted octanol–water partition coefficient (Wildman–Crippen LogP) is 2.96. The van der Waals surface area contributed by atoms with E-state index in [4.69, 9.17) is 0 Å². The molecule has 0 atom stereocenters. The van der Waals surface area contributed by atoms with Gasteiger partial charge in [-0.25, -0.2) is 9.98 Å². The Kier molecular flexibility index (Phi) is 7.80. The molecule has 10 heteroatoms. The van der Waals surface area contributed by atoms with Crippen LogP contribution in [0.4, 0.5) is 13.2 Å². The maximum absolute atomic E-state index is 12.6. The number of rotatable bonds is 7. The smallest absolute Gasteiger partial charge is 0.357 e. The van der Waals surface area contributed by atoms with E-state index in [1.807, 2.05) is 6.92 Å². The fourth-order valence-corrected chi connectivity index (χ4v) is 2.99. The SMILES string of the molecule is CCNC(=NCc1ccc(C(F)(F)F)cc1)NCCNC(=O)c1scnc1C. The molecule has 0 fully saturated rings. The lowest BCUT2D eigenvalue weighted by Crippen LogP contribution is -2.41. The Hall–Kier alpha value is -2.62. The summed E-state index contributed by atoms with van der Waals surface area (Å²) in [7, 11) is 0. The lowest BCUT2D eigenvalue weighted by Gasteiger charge is -2.12. The summed E-state index contributed by atoms with van der Waals surface area (Å²) in [6.45, 7) is 5.39. The van der Waals surface area contributed by atoms with Gasteiger partial charge in [0, 0.05) is 19.6 Å². The molecule has 1 heterocycles. The van der Waals surface area contributed by atoms with Gasteiger partial charge in [-0.05, 0) is 31.5 Å². The maximum atomic E-state index is 12.6. The van der Waals surface area contributed by atoms with E-state index in [1.54, 1.807) is 12.4 Å². The fraction of sp³-hybridized carbons (Fsp3) is 0.389. The standard InChI is InChI=1S/C18H22F3N5OS/c1-3-22-17(24-9-8-23-16(27)15-12(2)26-11-28-15)25-10-13-4-6-14(7-5-13)18(19,20)21/h4-7,11H,3,8-10H2,1-2H3,(H,23,27)(H2,22,24,25). The number of nitrogens with one attached hydrogen (secondary N) is 3. The van der Waals surface area contributed by atoms with Crippen LogP contribution in [0.15, 0.2) is 34.8 Å². The lowest BCUT2D eigenvalue weighted by molar-refractivity contribution is -0.137. The van der Waals surface area contributed by atoms with Crippen molar-refractivity contribution in [3.8, 4) is 0 Å². The summed E-state index contributed by atoms with van der Waals surface area (Å²) in [5.41, 5.74) is 2.30. The number of halogens is 3. The zero-order valence-corrected chi connectivity index (χ0v) is 16.4. The first kappa shape index (κ1) is 21.7. The van der Waals surface area contributed by atoms with Crippen molar-refractivity contribution >= 4 is 23.2 Å². The third-order valence-corrected chi connectivity index (χ3v) is 4.63. The van der Waals surface area contributed by atoms with Gasteiger partial charge in [-0.1, -0.05) is 12.1 Å². The van der Waals surface area contributed by atoms with Gasteiger partial charge >= 0.3 is 6.18 Å². The van der Waals surface area contributed by atoms with Crippen molar-refractivity contribution in [1.82, 2.24) is 20.9 Å². The van der Waals surface area contributed by atoms with Crippen molar-refractivity contribution in [3.05, 3.63) is 51.5 Å². The Morgan fingerprint density at radius 2 is 1.82 bits per heavy atom. The van der Waals surface area contributed by atoms with Crippen LogP contribution in [0.25, 0.3) is 0 Å². The minimum Gasteiger partial charge on any atom is -0.357 e. The molecule has 0 aliphatic heterocycles. The minimum absolute atomic E-state index is 0.173. The van der Waals surface area contributed by atoms with Crippen LogP contribution in [0.5, 0.6) is 0 Å². The van der Waals surface area contributed by atoms with E-state index in [0.717, 1.165) is 12.1 Å². The summed E-state index contributed by atoms with van der Waals surface area (Å²) >= 11 is 1.29. The van der Waals surface area contributed by atoms with Crippen LogP contribution in [0.1, 0.15) is 33.4 Å². The second-order valence-electron chi connectivity index (χ2n) is 5.84. The van der Waals surface area contributed by atoms with Gasteiger partial charge in [-0.15, -0.1) is 11.3 Å². The van der Waals surface area contributed by atoms with E-state index >= 15 is 0 Å². The average molecular weight is 413 g/mol. The van der Waals surface area contributed by atoms with E-state index in [2.05, 4.69) is 25.9 Å². The van der Waals surface area contributed by atoms with Gasteiger partial charge in [0.15, 0.2) is 5.96 Å². The van der Waals surface area contributed by atoms with Gasteiger partial charge < -0.3 is 16.0 Å². The van der Waals surface area contributed by atoms with Crippen molar-refractivity contribution in [2.24, 2.45) is 4.99 Å². The number of hydrogen-bond acceptors (Lipinski definition) is 4. The molecule has 1 aromatic carbocycles. The molecule has 0 spiro atoms. The molecule has 0 saturated heterocycles. The molecule has 2 aromatic rings. The number of carbonyl (C=O) groups is 1. The Balaban J connectivity index is 1.83. The Labute approximate surface area is 165 Å². The monoisotopic (exact) mass is 413 g/mol. The lowest BCUT2D eigenvalue weighted by atomic mass is 10.1. The second-order valence-corrected chi connectivity index (χ2v) is 6.69. The maximum Gasteiger partial charge on any atom is 0.416 e. The topological polar surface area (TPSA) is 78.4 Å². The minimum atomic E-state index is -4.35. The molecule has 0 aliphatic rings. The zero-order chi connectivity index (χ0) is 20.6. The first-order valence-electron chi connectivity index (χ1n) is 8.68. The molecule has 0 saturated carbocycles. The first-order chi connectivity index (χ1) is 13.3. The van der Waals surface area contributed by atoms with Crippen molar-refractivity contribution in [2.45, 2.75) is 26.6 Å². The highest BCUT2D eigenvalue weighted by Gasteiger charge is 2.29. The Morgan fingerprint density at radius 3 is 2.39 bits per heavy atom. The predicted molar refractivity (Wildman–Crippen MR) is 103 cm³/mol. The number of aromatic nitrogens is 1. The first-order valence-corrected chi connectivity index (χ1v) is 9.55. The normalized spacial score (nSPS) is 12.0. The summed E-state index contributed by atoms with van der Waals surface area (Å²) in [6, 6.07) is 4.91. The van der Waals surface area contributed by atoms with Crippen LogP contribution in [-0.4, -0.2) is 36.5 Å². The Morgan fingerprint density at radius 1 is 1.14 bits per heavy atom. The quantitative estimate of drug-likeness (QED) is 0.371. The van der Waals surface area contributed by atoms with Crippen LogP contribution in [-0.2, 0) is 12.7 Å². The van der Waals surface area contributed by atoms with Crippen LogP contribution < -0.4 is 16.0 Å². The molecule has 2 rings (SSSR count). The number of hydrogen-bond donors (Lipinski definition) is 3. The average Bonchev–Trinajstić information content (AvgIpc) is 3.08. The molecule has 6 nitrogen and oxygen atoms in total. The Bertz CT molecular complexity index is 802. The molecule has 1 aromatic heterocycles. The largest absolute Gasteiger partial charge is 0.416 e. The molecule has 0 unspecified atom stereocenters. The van der Waals surface area contributed by atoms with Gasteiger partial charge in [-0.2, -0.15) is 13.2 Å². The van der Waals surface area contributed by atoms with Crippen molar-refractivity contribution in [2.75, 3.05) is 19.6 Å². The molecule has 0 radical (unpaired) electrons. The van der Waals surface area contributed by atoms with E-state index in [9.17, 15) is 18.0 Å². The van der Waals surface area contributed by atoms with Gasteiger partial charge in [0.1, 0.15) is 4.88 Å². The van der Waals surface area contributed by atoms with E-state index in [-0.39, 0.29) is 12.5 Å². The van der Waals surface area contributed by atoms with E-state index < -0.39 is 11.7 Å². The molecule has 3 N–H and O–H groups in total. The highest BCUT2D eigenvalue weighted by Crippen LogP contribution is 2.29. The van der Waals surface area contributed by atoms with Crippen LogP contribution in [0.2, 0.25) is 0 Å². The third kappa shape index (κ3) is 6.52. The number of benzene rings is 1. The number of nitrogens with zero attached hydrogens (tertiary/aromatic N) is 2. The second kappa shape index (κ2) is 10.1. The summed E-state index contributed by atoms with van der Waals surface area (Å²) < 4.78 is 37.8. The molecule has 0 bridgehead atoms. The highest BCUT2D eigenvalue weighted by atomic mass is 32.1. The fourth-order valence-electron chi connectivity index (χ4n) is 2.27. The van der Waals surface area contributed by atoms with Gasteiger partial charge in [0.05, 0.1) is 23.3 Å². The number of carbonyl (C=O) groups excluding carboxylic acids is 1. The van der Waals surface area contributed by atoms with Gasteiger partial charge in [0.25, 0.3) is 5.91 Å². The molecule has 1 amide bonds. The van der Waals surface area contributed by atoms with Crippen molar-refractivity contribution in [3.63, 3.8) is 0 Å². The summed E-state index contributed by atoms with van der Waals surface area (Å²) in [5.74, 6) is 0.346. The number of thiazole rings is 1. The number of aryl methyl sites for hydroxylation is 1. The van der Waals surface area contributed by atoms with Crippen molar-refractivity contribution in [1.29, 1.82) is 0 Å². The highest BCUT2D eigenvalue weighted by molar-refractivity contribution is 7.11. The summed E-state index contributed by atoms with van der Waals surface area (Å²) in [5, 5.41) is 8.92. The molecule has 152 valence electrons. The van der Waals surface area contributed by atoms with Crippen molar-refractivity contribution < 1.29 is 18.0 Å². The summed E-state index contributed by atoms with van der Waals surface area (Å²) in [4.78, 5) is 21.0. The zero-order valence-electron chi connectivity index (χ0n) is 15.6. The van der Waals surface area contributed by atoms with E-state index in [0.29, 0.717) is 41.7 Å². The van der Waals surface area contributed by atoms with Gasteiger partial charge in [-0.3, -0.25) is 4.79 Å². The summed E-state index contributed by atoms with van der Waals surface area (Å²) in [6.07, 6.45) is -4.35. The number of guanidine groups is 1. The van der Waals surface area contributed by atoms with Crippen LogP contribution >= 0.6 is 11.3 Å². The molecule has 28 heavy (non-hydrogen) atoms. The molecule has 0 aliphatic carbocycles. The number of alkyl halides is 3. The van der Waals surface area contributed by atoms with Crippen LogP contribution in [0.3, 0.4) is 0 Å². The third-order valence-electron chi connectivity index (χ3n) is 3.70. The number of aliphatic imine (C=N–C) groups is 1. The molecular weight excluding hydrogens is 391 g/mol. The number of amides is 1. The van der Waals surface area contributed by atoms with Crippen LogP contribution in [0, 0.1) is 6.92 Å². The molecular formula is C18H22F3N5OS. The van der Waals surface area contributed by atoms with Gasteiger partial charge in [0.2, 0.25) is 0 Å². The van der Waals surface area contributed by atoms with E-state index in [1.165, 1.54) is 23.5 Å².